The van der Waals surface area contributed by atoms with Crippen LogP contribution in [-0.2, 0) is 0 Å². The van der Waals surface area contributed by atoms with E-state index in [2.05, 4.69) is 20.5 Å². The van der Waals surface area contributed by atoms with E-state index in [1.54, 1.807) is 22.7 Å². The number of anilines is 2. The third kappa shape index (κ3) is 2.65. The lowest BCUT2D eigenvalue weighted by atomic mass is 10.3. The van der Waals surface area contributed by atoms with Crippen molar-refractivity contribution in [2.75, 3.05) is 5.32 Å². The van der Waals surface area contributed by atoms with Crippen LogP contribution in [0.25, 0.3) is 20.1 Å². The van der Waals surface area contributed by atoms with Crippen LogP contribution in [0.1, 0.15) is 0 Å². The molecule has 0 fully saturated rings. The Kier molecular flexibility index (Phi) is 3.34. The molecule has 0 aliphatic carbocycles. The van der Waals surface area contributed by atoms with E-state index in [9.17, 15) is 0 Å². The van der Waals surface area contributed by atoms with E-state index in [0.717, 1.165) is 30.4 Å². The molecule has 8 heteroatoms. The molecule has 0 radical (unpaired) electrons. The summed E-state index contributed by atoms with van der Waals surface area (Å²) in [4.78, 5) is 5.63. The van der Waals surface area contributed by atoms with Crippen molar-refractivity contribution in [1.82, 2.24) is 15.2 Å². The molecule has 0 amide bonds. The average Bonchev–Trinajstić information content (AvgIpc) is 3.16. The molecule has 4 rings (SSSR count). The minimum absolute atomic E-state index is 0.716. The predicted molar refractivity (Wildman–Crippen MR) is 91.1 cm³/mol. The Morgan fingerprint density at radius 2 is 2.00 bits per heavy atom. The second-order valence-corrected chi connectivity index (χ2v) is 7.54. The number of thiophene rings is 1. The number of benzene rings is 1. The normalized spacial score (nSPS) is 11.1. The Morgan fingerprint density at radius 1 is 1.05 bits per heavy atom. The van der Waals surface area contributed by atoms with Crippen molar-refractivity contribution < 1.29 is 0 Å². The number of thiazole rings is 1. The summed E-state index contributed by atoms with van der Waals surface area (Å²) in [6.07, 6.45) is 0. The molecule has 0 atom stereocenters. The van der Waals surface area contributed by atoms with Crippen LogP contribution in [-0.4, -0.2) is 15.2 Å². The van der Waals surface area contributed by atoms with E-state index in [4.69, 9.17) is 11.6 Å². The molecule has 21 heavy (non-hydrogen) atoms. The van der Waals surface area contributed by atoms with Crippen LogP contribution in [0.2, 0.25) is 5.02 Å². The first-order chi connectivity index (χ1) is 10.3. The van der Waals surface area contributed by atoms with Gasteiger partial charge in [0.25, 0.3) is 0 Å². The van der Waals surface area contributed by atoms with E-state index in [1.807, 2.05) is 35.7 Å². The summed E-state index contributed by atoms with van der Waals surface area (Å²) >= 11 is 10.7. The van der Waals surface area contributed by atoms with Crippen molar-refractivity contribution in [3.63, 3.8) is 0 Å². The highest BCUT2D eigenvalue weighted by atomic mass is 35.5. The molecule has 0 saturated carbocycles. The lowest BCUT2D eigenvalue weighted by molar-refractivity contribution is 1.10. The molecule has 1 N–H and O–H groups in total. The molecular weight excluding hydrogens is 344 g/mol. The minimum atomic E-state index is 0.716. The summed E-state index contributed by atoms with van der Waals surface area (Å²) in [5.41, 5.74) is 0.926. The highest BCUT2D eigenvalue weighted by Gasteiger charge is 2.10. The van der Waals surface area contributed by atoms with Gasteiger partial charge in [0.05, 0.1) is 15.1 Å². The average molecular weight is 351 g/mol. The number of fused-ring (bicyclic) bond motifs is 1. The Morgan fingerprint density at radius 3 is 2.86 bits per heavy atom. The third-order valence-corrected chi connectivity index (χ3v) is 5.77. The van der Waals surface area contributed by atoms with Crippen molar-refractivity contribution in [3.8, 4) is 9.88 Å². The summed E-state index contributed by atoms with van der Waals surface area (Å²) in [6.45, 7) is 0. The maximum absolute atomic E-state index is 5.99. The van der Waals surface area contributed by atoms with E-state index in [0.29, 0.717) is 5.02 Å². The number of hydrogen-bond acceptors (Lipinski definition) is 7. The van der Waals surface area contributed by atoms with Crippen LogP contribution < -0.4 is 5.32 Å². The van der Waals surface area contributed by atoms with E-state index < -0.39 is 0 Å². The van der Waals surface area contributed by atoms with Gasteiger partial charge in [-0.25, -0.2) is 4.98 Å². The maximum atomic E-state index is 5.99. The quantitative estimate of drug-likeness (QED) is 0.546. The number of nitrogens with zero attached hydrogens (tertiary/aromatic N) is 3. The van der Waals surface area contributed by atoms with Crippen LogP contribution in [0.5, 0.6) is 0 Å². The van der Waals surface area contributed by atoms with Gasteiger partial charge in [0.15, 0.2) is 10.1 Å². The zero-order chi connectivity index (χ0) is 14.2. The van der Waals surface area contributed by atoms with Crippen molar-refractivity contribution in [1.29, 1.82) is 0 Å². The second kappa shape index (κ2) is 5.34. The SMILES string of the molecule is Clc1ccc2nc(Nc3nnc(-c4cccs4)s3)sc2c1. The molecule has 3 heterocycles. The number of hydrogen-bond donors (Lipinski definition) is 1. The summed E-state index contributed by atoms with van der Waals surface area (Å²) in [7, 11) is 0. The molecule has 0 bridgehead atoms. The molecule has 4 aromatic rings. The molecule has 1 aromatic carbocycles. The number of halogens is 1. The van der Waals surface area contributed by atoms with Gasteiger partial charge in [-0.15, -0.1) is 21.5 Å². The Labute approximate surface area is 137 Å². The molecular formula is C13H7ClN4S3. The van der Waals surface area contributed by atoms with Gasteiger partial charge in [0, 0.05) is 5.02 Å². The molecule has 104 valence electrons. The topological polar surface area (TPSA) is 50.7 Å². The summed E-state index contributed by atoms with van der Waals surface area (Å²) in [5, 5.41) is 16.8. The first-order valence-corrected chi connectivity index (χ1v) is 8.87. The van der Waals surface area contributed by atoms with Crippen molar-refractivity contribution in [2.45, 2.75) is 0 Å². The smallest absolute Gasteiger partial charge is 0.212 e. The first-order valence-electron chi connectivity index (χ1n) is 5.98. The summed E-state index contributed by atoms with van der Waals surface area (Å²) in [5.74, 6) is 0. The van der Waals surface area contributed by atoms with Crippen LogP contribution in [0.15, 0.2) is 35.7 Å². The van der Waals surface area contributed by atoms with Crippen LogP contribution in [0, 0.1) is 0 Å². The lowest BCUT2D eigenvalue weighted by Gasteiger charge is -1.92. The zero-order valence-electron chi connectivity index (χ0n) is 10.4. The summed E-state index contributed by atoms with van der Waals surface area (Å²) < 4.78 is 1.05. The standard InChI is InChI=1S/C13H7ClN4S3/c14-7-3-4-8-10(6-7)20-12(15-8)16-13-18-17-11(21-13)9-2-1-5-19-9/h1-6H,(H,15,16,18). The molecule has 0 saturated heterocycles. The minimum Gasteiger partial charge on any atom is -0.306 e. The van der Waals surface area contributed by atoms with Gasteiger partial charge >= 0.3 is 0 Å². The van der Waals surface area contributed by atoms with E-state index >= 15 is 0 Å². The van der Waals surface area contributed by atoms with Crippen LogP contribution >= 0.6 is 45.6 Å². The second-order valence-electron chi connectivity index (χ2n) is 4.15. The maximum Gasteiger partial charge on any atom is 0.212 e. The van der Waals surface area contributed by atoms with Gasteiger partial charge in [-0.1, -0.05) is 40.3 Å². The Hall–Kier alpha value is -1.54. The fraction of sp³-hybridized carbons (Fsp3) is 0. The van der Waals surface area contributed by atoms with Gasteiger partial charge in [0.2, 0.25) is 5.13 Å². The molecule has 3 aromatic heterocycles. The zero-order valence-corrected chi connectivity index (χ0v) is 13.6. The van der Waals surface area contributed by atoms with Gasteiger partial charge in [0.1, 0.15) is 0 Å². The molecule has 0 aliphatic rings. The summed E-state index contributed by atoms with van der Waals surface area (Å²) in [6, 6.07) is 9.71. The largest absolute Gasteiger partial charge is 0.306 e. The van der Waals surface area contributed by atoms with Crippen molar-refractivity contribution in [2.24, 2.45) is 0 Å². The van der Waals surface area contributed by atoms with Gasteiger partial charge in [-0.3, -0.25) is 0 Å². The van der Waals surface area contributed by atoms with E-state index in [1.165, 1.54) is 11.3 Å². The fourth-order valence-electron chi connectivity index (χ4n) is 1.82. The van der Waals surface area contributed by atoms with Gasteiger partial charge in [-0.2, -0.15) is 0 Å². The fourth-order valence-corrected chi connectivity index (χ4v) is 4.56. The molecule has 0 spiro atoms. The predicted octanol–water partition coefficient (Wildman–Crippen LogP) is 5.27. The van der Waals surface area contributed by atoms with E-state index in [-0.39, 0.29) is 0 Å². The highest BCUT2D eigenvalue weighted by molar-refractivity contribution is 7.24. The lowest BCUT2D eigenvalue weighted by Crippen LogP contribution is -1.87. The number of rotatable bonds is 3. The molecule has 0 unspecified atom stereocenters. The first kappa shape index (κ1) is 13.1. The highest BCUT2D eigenvalue weighted by Crippen LogP contribution is 2.34. The van der Waals surface area contributed by atoms with Gasteiger partial charge < -0.3 is 5.32 Å². The van der Waals surface area contributed by atoms with Gasteiger partial charge in [-0.05, 0) is 29.6 Å². The number of aromatic nitrogens is 3. The van der Waals surface area contributed by atoms with Crippen molar-refractivity contribution >= 4 is 66.1 Å². The van der Waals surface area contributed by atoms with Crippen LogP contribution in [0.3, 0.4) is 0 Å². The Bertz CT molecular complexity index is 897. The monoisotopic (exact) mass is 350 g/mol. The Balaban J connectivity index is 1.62. The van der Waals surface area contributed by atoms with Crippen molar-refractivity contribution in [3.05, 3.63) is 40.7 Å². The molecule has 4 nitrogen and oxygen atoms in total. The van der Waals surface area contributed by atoms with Crippen LogP contribution in [0.4, 0.5) is 10.3 Å². The number of nitrogens with one attached hydrogen (secondary N) is 1. The molecule has 0 aliphatic heterocycles. The third-order valence-electron chi connectivity index (χ3n) is 2.72.